The average Bonchev–Trinajstić information content (AvgIpc) is 2.59. The van der Waals surface area contributed by atoms with E-state index in [-0.39, 0.29) is 6.61 Å². The molecule has 0 unspecified atom stereocenters. The van der Waals surface area contributed by atoms with Gasteiger partial charge in [-0.3, -0.25) is 0 Å². The van der Waals surface area contributed by atoms with E-state index in [0.717, 1.165) is 5.56 Å². The summed E-state index contributed by atoms with van der Waals surface area (Å²) in [6, 6.07) is 17.3. The Kier molecular flexibility index (Phi) is 5.94. The molecule has 1 amide bonds. The summed E-state index contributed by atoms with van der Waals surface area (Å²) in [5.41, 5.74) is 1.48. The fourth-order valence-electron chi connectivity index (χ4n) is 2.02. The number of nitrogens with one attached hydrogen (secondary N) is 1. The minimum atomic E-state index is -1.00. The van der Waals surface area contributed by atoms with Crippen molar-refractivity contribution in [2.45, 2.75) is 18.8 Å². The van der Waals surface area contributed by atoms with Gasteiger partial charge in [0.2, 0.25) is 0 Å². The summed E-state index contributed by atoms with van der Waals surface area (Å²) < 4.78 is 5.07. The van der Waals surface area contributed by atoms with Crippen LogP contribution < -0.4 is 5.32 Å². The molecule has 0 aromatic heterocycles. The Morgan fingerprint density at radius 1 is 1.05 bits per heavy atom. The fourth-order valence-corrected chi connectivity index (χ4v) is 2.02. The number of amides is 1. The van der Waals surface area contributed by atoms with Crippen LogP contribution in [0.15, 0.2) is 60.7 Å². The van der Waals surface area contributed by atoms with Crippen LogP contribution in [0, 0.1) is 0 Å². The zero-order valence-corrected chi connectivity index (χ0v) is 12.1. The molecule has 2 aromatic rings. The monoisotopic (exact) mass is 301 g/mol. The molecular formula is C17H19NO4. The fraction of sp³-hybridized carbons (Fsp3) is 0.235. The van der Waals surface area contributed by atoms with E-state index in [2.05, 4.69) is 5.32 Å². The maximum atomic E-state index is 11.8. The Balaban J connectivity index is 1.88. The SMILES string of the molecule is O=C(N[C@@H](CO)[C@H](O)c1ccccc1)OCc1ccccc1. The molecule has 5 heteroatoms. The first kappa shape index (κ1) is 16.0. The van der Waals surface area contributed by atoms with Crippen molar-refractivity contribution in [3.05, 3.63) is 71.8 Å². The number of carbonyl (C=O) groups excluding carboxylic acids is 1. The molecule has 3 N–H and O–H groups in total. The third-order valence-electron chi connectivity index (χ3n) is 3.23. The van der Waals surface area contributed by atoms with Crippen LogP contribution in [0.25, 0.3) is 0 Å². The zero-order valence-electron chi connectivity index (χ0n) is 12.1. The van der Waals surface area contributed by atoms with E-state index < -0.39 is 24.8 Å². The van der Waals surface area contributed by atoms with Crippen molar-refractivity contribution in [2.24, 2.45) is 0 Å². The van der Waals surface area contributed by atoms with E-state index in [9.17, 15) is 15.0 Å². The van der Waals surface area contributed by atoms with Gasteiger partial charge in [0.1, 0.15) is 12.7 Å². The topological polar surface area (TPSA) is 78.8 Å². The molecule has 0 aliphatic carbocycles. The summed E-state index contributed by atoms with van der Waals surface area (Å²) in [6.45, 7) is -0.261. The largest absolute Gasteiger partial charge is 0.445 e. The number of alkyl carbamates (subject to hydrolysis) is 1. The molecular weight excluding hydrogens is 282 g/mol. The minimum absolute atomic E-state index is 0.131. The molecule has 0 fully saturated rings. The van der Waals surface area contributed by atoms with Crippen LogP contribution in [0.1, 0.15) is 17.2 Å². The van der Waals surface area contributed by atoms with Gasteiger partial charge in [-0.15, -0.1) is 0 Å². The second-order valence-electron chi connectivity index (χ2n) is 4.85. The summed E-state index contributed by atoms with van der Waals surface area (Å²) in [5.74, 6) is 0. The Hall–Kier alpha value is -2.37. The zero-order chi connectivity index (χ0) is 15.8. The maximum Gasteiger partial charge on any atom is 0.407 e. The Bertz CT molecular complexity index is 574. The number of hydrogen-bond acceptors (Lipinski definition) is 4. The smallest absolute Gasteiger partial charge is 0.407 e. The van der Waals surface area contributed by atoms with Gasteiger partial charge in [-0.2, -0.15) is 0 Å². The highest BCUT2D eigenvalue weighted by molar-refractivity contribution is 5.67. The molecule has 0 spiro atoms. The number of hydrogen-bond donors (Lipinski definition) is 3. The normalized spacial score (nSPS) is 13.2. The third kappa shape index (κ3) is 4.58. The van der Waals surface area contributed by atoms with E-state index in [1.54, 1.807) is 24.3 Å². The van der Waals surface area contributed by atoms with Gasteiger partial charge in [-0.05, 0) is 11.1 Å². The van der Waals surface area contributed by atoms with Crippen molar-refractivity contribution in [2.75, 3.05) is 6.61 Å². The lowest BCUT2D eigenvalue weighted by atomic mass is 10.0. The van der Waals surface area contributed by atoms with Crippen molar-refractivity contribution in [1.82, 2.24) is 5.32 Å². The second-order valence-corrected chi connectivity index (χ2v) is 4.85. The molecule has 2 aromatic carbocycles. The molecule has 2 rings (SSSR count). The summed E-state index contributed by atoms with van der Waals surface area (Å²) in [7, 11) is 0. The van der Waals surface area contributed by atoms with Gasteiger partial charge in [0.15, 0.2) is 0 Å². The molecule has 0 bridgehead atoms. The molecule has 0 aliphatic rings. The number of carbonyl (C=O) groups is 1. The Labute approximate surface area is 129 Å². The first-order chi connectivity index (χ1) is 10.7. The lowest BCUT2D eigenvalue weighted by molar-refractivity contribution is 0.0763. The van der Waals surface area contributed by atoms with Crippen molar-refractivity contribution < 1.29 is 19.7 Å². The molecule has 0 radical (unpaired) electrons. The Morgan fingerprint density at radius 3 is 2.23 bits per heavy atom. The molecule has 22 heavy (non-hydrogen) atoms. The van der Waals surface area contributed by atoms with Crippen LogP contribution in [0.5, 0.6) is 0 Å². The standard InChI is InChI=1S/C17H19NO4/c19-11-15(16(20)14-9-5-2-6-10-14)18-17(21)22-12-13-7-3-1-4-8-13/h1-10,15-16,19-20H,11-12H2,(H,18,21)/t15-,16+/m0/s1. The van der Waals surface area contributed by atoms with E-state index in [1.165, 1.54) is 0 Å². The lowest BCUT2D eigenvalue weighted by Crippen LogP contribution is -2.42. The Morgan fingerprint density at radius 2 is 1.64 bits per heavy atom. The van der Waals surface area contributed by atoms with Gasteiger partial charge >= 0.3 is 6.09 Å². The number of rotatable bonds is 6. The van der Waals surface area contributed by atoms with Gasteiger partial charge in [-0.1, -0.05) is 60.7 Å². The van der Waals surface area contributed by atoms with Crippen LogP contribution in [0.3, 0.4) is 0 Å². The highest BCUT2D eigenvalue weighted by Crippen LogP contribution is 2.16. The highest BCUT2D eigenvalue weighted by Gasteiger charge is 2.22. The van der Waals surface area contributed by atoms with Crippen LogP contribution in [0.2, 0.25) is 0 Å². The quantitative estimate of drug-likeness (QED) is 0.762. The van der Waals surface area contributed by atoms with E-state index in [0.29, 0.717) is 5.56 Å². The van der Waals surface area contributed by atoms with Crippen molar-refractivity contribution in [3.8, 4) is 0 Å². The molecule has 0 aliphatic heterocycles. The number of ether oxygens (including phenoxy) is 1. The van der Waals surface area contributed by atoms with Gasteiger partial charge in [0.05, 0.1) is 12.6 Å². The average molecular weight is 301 g/mol. The van der Waals surface area contributed by atoms with Crippen LogP contribution in [-0.4, -0.2) is 29.0 Å². The third-order valence-corrected chi connectivity index (χ3v) is 3.23. The van der Waals surface area contributed by atoms with Gasteiger partial charge in [0, 0.05) is 0 Å². The number of aliphatic hydroxyl groups excluding tert-OH is 2. The van der Waals surface area contributed by atoms with Gasteiger partial charge in [0.25, 0.3) is 0 Å². The van der Waals surface area contributed by atoms with E-state index >= 15 is 0 Å². The van der Waals surface area contributed by atoms with Crippen molar-refractivity contribution in [1.29, 1.82) is 0 Å². The predicted octanol–water partition coefficient (Wildman–Crippen LogP) is 2.01. The molecule has 0 saturated carbocycles. The molecule has 0 saturated heterocycles. The van der Waals surface area contributed by atoms with Gasteiger partial charge < -0.3 is 20.3 Å². The molecule has 116 valence electrons. The highest BCUT2D eigenvalue weighted by atomic mass is 16.5. The van der Waals surface area contributed by atoms with E-state index in [4.69, 9.17) is 4.74 Å². The summed E-state index contributed by atoms with van der Waals surface area (Å²) in [5, 5.41) is 22.0. The van der Waals surface area contributed by atoms with Crippen LogP contribution in [0.4, 0.5) is 4.79 Å². The summed E-state index contributed by atoms with van der Waals surface area (Å²) in [6.07, 6.45) is -1.69. The molecule has 2 atom stereocenters. The number of benzene rings is 2. The van der Waals surface area contributed by atoms with Crippen molar-refractivity contribution in [3.63, 3.8) is 0 Å². The number of aliphatic hydroxyl groups is 2. The predicted molar refractivity (Wildman–Crippen MR) is 82.0 cm³/mol. The summed E-state index contributed by atoms with van der Waals surface area (Å²) in [4.78, 5) is 11.8. The lowest BCUT2D eigenvalue weighted by Gasteiger charge is -2.22. The van der Waals surface area contributed by atoms with Gasteiger partial charge in [-0.25, -0.2) is 4.79 Å². The summed E-state index contributed by atoms with van der Waals surface area (Å²) >= 11 is 0. The molecule has 5 nitrogen and oxygen atoms in total. The van der Waals surface area contributed by atoms with E-state index in [1.807, 2.05) is 36.4 Å². The van der Waals surface area contributed by atoms with Crippen LogP contribution >= 0.6 is 0 Å². The maximum absolute atomic E-state index is 11.8. The second kappa shape index (κ2) is 8.17. The minimum Gasteiger partial charge on any atom is -0.445 e. The first-order valence-electron chi connectivity index (χ1n) is 7.02. The van der Waals surface area contributed by atoms with Crippen molar-refractivity contribution >= 4 is 6.09 Å². The first-order valence-corrected chi connectivity index (χ1v) is 7.02. The van der Waals surface area contributed by atoms with Crippen LogP contribution in [-0.2, 0) is 11.3 Å². The molecule has 0 heterocycles.